The number of halogens is 1. The van der Waals surface area contributed by atoms with E-state index >= 15 is 0 Å². The zero-order valence-electron chi connectivity index (χ0n) is 15.5. The molecule has 0 amide bonds. The first kappa shape index (κ1) is 17.6. The zero-order valence-corrected chi connectivity index (χ0v) is 15.5. The topological polar surface area (TPSA) is 0 Å². The first-order valence-electron chi connectivity index (χ1n) is 9.07. The molecule has 0 atom stereocenters. The van der Waals surface area contributed by atoms with Gasteiger partial charge in [-0.15, -0.1) is 0 Å². The van der Waals surface area contributed by atoms with Gasteiger partial charge < -0.3 is 0 Å². The van der Waals surface area contributed by atoms with Crippen LogP contribution in [0.5, 0.6) is 0 Å². The van der Waals surface area contributed by atoms with Crippen molar-refractivity contribution >= 4 is 10.8 Å². The number of benzene rings is 4. The Morgan fingerprint density at radius 2 is 1.04 bits per heavy atom. The molecule has 0 N–H and O–H groups in total. The molecule has 0 saturated carbocycles. The van der Waals surface area contributed by atoms with Crippen molar-refractivity contribution in [1.82, 2.24) is 0 Å². The van der Waals surface area contributed by atoms with Crippen LogP contribution in [-0.4, -0.2) is 0 Å². The van der Waals surface area contributed by atoms with Gasteiger partial charge in [0.25, 0.3) is 0 Å². The standard InChI is InChI=1S/C27H17F/c1-20-6-8-21(9-7-20)10-11-22-12-14-23(15-13-22)16-17-24-18-19-27(28)26-5-3-2-4-25(24)26/h2-9,12-15,18-19H,1H3. The summed E-state index contributed by atoms with van der Waals surface area (Å²) < 4.78 is 13.9. The van der Waals surface area contributed by atoms with Crippen molar-refractivity contribution in [3.8, 4) is 23.7 Å². The van der Waals surface area contributed by atoms with E-state index in [4.69, 9.17) is 0 Å². The van der Waals surface area contributed by atoms with Crippen LogP contribution >= 0.6 is 0 Å². The van der Waals surface area contributed by atoms with Crippen molar-refractivity contribution in [1.29, 1.82) is 0 Å². The molecule has 0 saturated heterocycles. The highest BCUT2D eigenvalue weighted by molar-refractivity contribution is 5.88. The number of hydrogen-bond donors (Lipinski definition) is 0. The van der Waals surface area contributed by atoms with E-state index in [-0.39, 0.29) is 5.82 Å². The minimum atomic E-state index is -0.224. The van der Waals surface area contributed by atoms with Crippen molar-refractivity contribution in [2.24, 2.45) is 0 Å². The number of rotatable bonds is 0. The third kappa shape index (κ3) is 3.96. The number of fused-ring (bicyclic) bond motifs is 1. The van der Waals surface area contributed by atoms with Crippen molar-refractivity contribution < 1.29 is 4.39 Å². The first-order chi connectivity index (χ1) is 13.7. The summed E-state index contributed by atoms with van der Waals surface area (Å²) in [4.78, 5) is 0. The molecular weight excluding hydrogens is 343 g/mol. The summed E-state index contributed by atoms with van der Waals surface area (Å²) in [6.07, 6.45) is 0. The molecule has 1 heteroatoms. The van der Waals surface area contributed by atoms with Gasteiger partial charge in [0, 0.05) is 33.0 Å². The summed E-state index contributed by atoms with van der Waals surface area (Å²) in [5.74, 6) is 12.4. The SMILES string of the molecule is Cc1ccc(C#Cc2ccc(C#Cc3ccc(F)c4ccccc34)cc2)cc1. The average Bonchev–Trinajstić information content (AvgIpc) is 2.74. The Morgan fingerprint density at radius 1 is 0.536 bits per heavy atom. The van der Waals surface area contributed by atoms with E-state index < -0.39 is 0 Å². The van der Waals surface area contributed by atoms with Gasteiger partial charge in [-0.2, -0.15) is 0 Å². The van der Waals surface area contributed by atoms with Crippen LogP contribution in [0.1, 0.15) is 27.8 Å². The van der Waals surface area contributed by atoms with Crippen LogP contribution in [0.25, 0.3) is 10.8 Å². The highest BCUT2D eigenvalue weighted by Gasteiger charge is 2.03. The maximum atomic E-state index is 13.9. The fourth-order valence-electron chi connectivity index (χ4n) is 2.93. The first-order valence-corrected chi connectivity index (χ1v) is 9.07. The zero-order chi connectivity index (χ0) is 19.3. The van der Waals surface area contributed by atoms with Gasteiger partial charge in [-0.25, -0.2) is 4.39 Å². The summed E-state index contributed by atoms with van der Waals surface area (Å²) in [7, 11) is 0. The Kier molecular flexibility index (Phi) is 4.92. The van der Waals surface area contributed by atoms with E-state index in [0.29, 0.717) is 5.39 Å². The molecule has 0 bridgehead atoms. The molecule has 4 aromatic carbocycles. The normalized spacial score (nSPS) is 9.93. The summed E-state index contributed by atoms with van der Waals surface area (Å²) in [5.41, 5.74) is 4.88. The molecule has 0 heterocycles. The van der Waals surface area contributed by atoms with Gasteiger partial charge in [0.1, 0.15) is 5.82 Å². The maximum Gasteiger partial charge on any atom is 0.131 e. The Morgan fingerprint density at radius 3 is 1.64 bits per heavy atom. The quantitative estimate of drug-likeness (QED) is 0.333. The van der Waals surface area contributed by atoms with Gasteiger partial charge in [-0.1, -0.05) is 65.6 Å². The molecule has 0 unspecified atom stereocenters. The fraction of sp³-hybridized carbons (Fsp3) is 0.0370. The molecule has 0 aromatic heterocycles. The molecule has 0 radical (unpaired) electrons. The molecule has 28 heavy (non-hydrogen) atoms. The third-order valence-electron chi connectivity index (χ3n) is 4.50. The lowest BCUT2D eigenvalue weighted by Crippen LogP contribution is -1.84. The van der Waals surface area contributed by atoms with Crippen LogP contribution < -0.4 is 0 Å². The number of hydrogen-bond acceptors (Lipinski definition) is 0. The highest BCUT2D eigenvalue weighted by Crippen LogP contribution is 2.21. The lowest BCUT2D eigenvalue weighted by atomic mass is 10.0. The minimum absolute atomic E-state index is 0.224. The molecule has 4 aromatic rings. The monoisotopic (exact) mass is 360 g/mol. The molecule has 4 rings (SSSR count). The summed E-state index contributed by atoms with van der Waals surface area (Å²) in [6, 6.07) is 26.6. The van der Waals surface area contributed by atoms with Crippen molar-refractivity contribution in [3.05, 3.63) is 119 Å². The van der Waals surface area contributed by atoms with E-state index in [0.717, 1.165) is 27.6 Å². The van der Waals surface area contributed by atoms with Crippen LogP contribution in [-0.2, 0) is 0 Å². The van der Waals surface area contributed by atoms with Gasteiger partial charge in [0.15, 0.2) is 0 Å². The van der Waals surface area contributed by atoms with Gasteiger partial charge in [0.2, 0.25) is 0 Å². The molecule has 0 nitrogen and oxygen atoms in total. The van der Waals surface area contributed by atoms with Crippen LogP contribution in [0.15, 0.2) is 84.9 Å². The van der Waals surface area contributed by atoms with Gasteiger partial charge in [0.05, 0.1) is 0 Å². The van der Waals surface area contributed by atoms with E-state index in [1.165, 1.54) is 11.6 Å². The second-order valence-electron chi connectivity index (χ2n) is 6.58. The van der Waals surface area contributed by atoms with E-state index in [1.807, 2.05) is 54.6 Å². The Bertz CT molecular complexity index is 1260. The van der Waals surface area contributed by atoms with E-state index in [2.05, 4.69) is 42.7 Å². The van der Waals surface area contributed by atoms with Crippen LogP contribution in [0.3, 0.4) is 0 Å². The van der Waals surface area contributed by atoms with Crippen molar-refractivity contribution in [2.75, 3.05) is 0 Å². The highest BCUT2D eigenvalue weighted by atomic mass is 19.1. The predicted molar refractivity (Wildman–Crippen MR) is 113 cm³/mol. The molecular formula is C27H17F. The fourth-order valence-corrected chi connectivity index (χ4v) is 2.93. The number of aryl methyl sites for hydroxylation is 1. The second-order valence-corrected chi connectivity index (χ2v) is 6.58. The predicted octanol–water partition coefficient (Wildman–Crippen LogP) is 6.09. The van der Waals surface area contributed by atoms with E-state index in [9.17, 15) is 4.39 Å². The van der Waals surface area contributed by atoms with Gasteiger partial charge in [-0.05, 0) is 55.5 Å². The van der Waals surface area contributed by atoms with Crippen LogP contribution in [0.2, 0.25) is 0 Å². The molecule has 0 fully saturated rings. The minimum Gasteiger partial charge on any atom is -0.206 e. The molecule has 0 aliphatic rings. The molecule has 0 spiro atoms. The van der Waals surface area contributed by atoms with Crippen LogP contribution in [0, 0.1) is 36.4 Å². The lowest BCUT2D eigenvalue weighted by Gasteiger charge is -2.01. The summed E-state index contributed by atoms with van der Waals surface area (Å²) in [6.45, 7) is 2.06. The Balaban J connectivity index is 1.57. The second kappa shape index (κ2) is 7.83. The molecule has 132 valence electrons. The largest absolute Gasteiger partial charge is 0.206 e. The van der Waals surface area contributed by atoms with E-state index in [1.54, 1.807) is 12.1 Å². The lowest BCUT2D eigenvalue weighted by molar-refractivity contribution is 0.640. The van der Waals surface area contributed by atoms with Crippen LogP contribution in [0.4, 0.5) is 4.39 Å². The smallest absolute Gasteiger partial charge is 0.131 e. The Hall–Kier alpha value is -3.81. The Labute approximate surface area is 164 Å². The maximum absolute atomic E-state index is 13.9. The van der Waals surface area contributed by atoms with Gasteiger partial charge >= 0.3 is 0 Å². The molecule has 0 aliphatic carbocycles. The van der Waals surface area contributed by atoms with Crippen molar-refractivity contribution in [3.63, 3.8) is 0 Å². The average molecular weight is 360 g/mol. The summed E-state index contributed by atoms with van der Waals surface area (Å²) in [5, 5.41) is 1.42. The molecule has 0 aliphatic heterocycles. The van der Waals surface area contributed by atoms with Gasteiger partial charge in [-0.3, -0.25) is 0 Å². The summed E-state index contributed by atoms with van der Waals surface area (Å²) >= 11 is 0. The third-order valence-corrected chi connectivity index (χ3v) is 4.50. The van der Waals surface area contributed by atoms with Crippen molar-refractivity contribution in [2.45, 2.75) is 6.92 Å².